The molecule has 1 aromatic heterocycles. The van der Waals surface area contributed by atoms with Gasteiger partial charge in [0, 0.05) is 17.3 Å². The molecule has 0 fully saturated rings. The van der Waals surface area contributed by atoms with Crippen molar-refractivity contribution >= 4 is 10.9 Å². The van der Waals surface area contributed by atoms with Crippen LogP contribution in [0, 0.1) is 12.3 Å². The molecule has 0 spiro atoms. The number of fused-ring (bicyclic) bond motifs is 1. The van der Waals surface area contributed by atoms with E-state index in [9.17, 15) is 0 Å². The van der Waals surface area contributed by atoms with Crippen molar-refractivity contribution in [3.63, 3.8) is 0 Å². The van der Waals surface area contributed by atoms with Gasteiger partial charge in [-0.25, -0.2) is 0 Å². The van der Waals surface area contributed by atoms with Gasteiger partial charge in [-0.2, -0.15) is 0 Å². The predicted molar refractivity (Wildman–Crippen MR) is 62.1 cm³/mol. The molecule has 1 unspecified atom stereocenters. The van der Waals surface area contributed by atoms with Gasteiger partial charge in [0.2, 0.25) is 0 Å². The molecule has 1 N–H and O–H groups in total. The second-order valence-corrected chi connectivity index (χ2v) is 3.57. The molecule has 0 bridgehead atoms. The fourth-order valence-electron chi connectivity index (χ4n) is 1.58. The molecular weight excluding hydrogens is 186 g/mol. The van der Waals surface area contributed by atoms with E-state index in [2.05, 4.69) is 17.0 Å². The molecule has 1 aromatic carbocycles. The molecule has 0 aliphatic rings. The lowest BCUT2D eigenvalue weighted by molar-refractivity contribution is 0.415. The van der Waals surface area contributed by atoms with Gasteiger partial charge in [-0.15, -0.1) is 6.42 Å². The molecule has 0 radical (unpaired) electrons. The summed E-state index contributed by atoms with van der Waals surface area (Å²) in [7, 11) is 1.66. The van der Waals surface area contributed by atoms with E-state index in [1.165, 1.54) is 0 Å². The summed E-state index contributed by atoms with van der Waals surface area (Å²) in [5.74, 6) is 3.67. The Morgan fingerprint density at radius 2 is 2.20 bits per heavy atom. The maximum absolute atomic E-state index is 5.39. The van der Waals surface area contributed by atoms with Crippen LogP contribution in [0.2, 0.25) is 0 Å². The van der Waals surface area contributed by atoms with Crippen LogP contribution in [0.3, 0.4) is 0 Å². The van der Waals surface area contributed by atoms with Crippen molar-refractivity contribution in [1.82, 2.24) is 4.98 Å². The monoisotopic (exact) mass is 199 g/mol. The third-order valence-corrected chi connectivity index (χ3v) is 2.57. The van der Waals surface area contributed by atoms with Crippen LogP contribution in [0.1, 0.15) is 18.5 Å². The number of methoxy groups -OCH3 is 1. The molecule has 0 saturated heterocycles. The number of terminal acetylenes is 1. The normalized spacial score (nSPS) is 12.3. The fraction of sp³-hybridized carbons (Fsp3) is 0.231. The number of ether oxygens (including phenoxy) is 1. The van der Waals surface area contributed by atoms with E-state index in [1.54, 1.807) is 7.11 Å². The Morgan fingerprint density at radius 1 is 1.40 bits per heavy atom. The van der Waals surface area contributed by atoms with Gasteiger partial charge in [0.05, 0.1) is 13.0 Å². The highest BCUT2D eigenvalue weighted by Crippen LogP contribution is 2.24. The molecule has 0 saturated carbocycles. The van der Waals surface area contributed by atoms with E-state index in [0.29, 0.717) is 0 Å². The topological polar surface area (TPSA) is 25.0 Å². The first-order chi connectivity index (χ1) is 7.24. The first kappa shape index (κ1) is 9.67. The summed E-state index contributed by atoms with van der Waals surface area (Å²) in [5.41, 5.74) is 2.13. The van der Waals surface area contributed by atoms with Gasteiger partial charge in [0.1, 0.15) is 5.75 Å². The van der Waals surface area contributed by atoms with Crippen LogP contribution in [0.15, 0.2) is 24.3 Å². The molecular formula is C13H13NO. The number of aromatic nitrogens is 1. The van der Waals surface area contributed by atoms with Crippen molar-refractivity contribution in [2.45, 2.75) is 12.8 Å². The lowest BCUT2D eigenvalue weighted by atomic mass is 10.1. The molecule has 2 nitrogen and oxygen atoms in total. The maximum atomic E-state index is 5.39. The lowest BCUT2D eigenvalue weighted by Crippen LogP contribution is -1.87. The standard InChI is InChI=1S/C13H13NO/c1-4-9(2)12-7-10-5-6-11(15-3)8-13(10)14-12/h1,5-9,14H,2-3H3. The highest BCUT2D eigenvalue weighted by molar-refractivity contribution is 5.82. The zero-order valence-corrected chi connectivity index (χ0v) is 8.87. The second kappa shape index (κ2) is 3.70. The number of benzene rings is 1. The van der Waals surface area contributed by atoms with Gasteiger partial charge in [-0.3, -0.25) is 0 Å². The van der Waals surface area contributed by atoms with Crippen molar-refractivity contribution in [2.75, 3.05) is 7.11 Å². The summed E-state index contributed by atoms with van der Waals surface area (Å²) in [5, 5.41) is 1.16. The van der Waals surface area contributed by atoms with Gasteiger partial charge in [0.25, 0.3) is 0 Å². The quantitative estimate of drug-likeness (QED) is 0.739. The van der Waals surface area contributed by atoms with Crippen LogP contribution in [0.5, 0.6) is 5.75 Å². The number of hydrogen-bond acceptors (Lipinski definition) is 1. The molecule has 15 heavy (non-hydrogen) atoms. The number of H-pyrrole nitrogens is 1. The number of aromatic amines is 1. The second-order valence-electron chi connectivity index (χ2n) is 3.57. The lowest BCUT2D eigenvalue weighted by Gasteiger charge is -1.98. The van der Waals surface area contributed by atoms with E-state index in [-0.39, 0.29) is 5.92 Å². The smallest absolute Gasteiger partial charge is 0.120 e. The van der Waals surface area contributed by atoms with Crippen LogP contribution < -0.4 is 4.74 Å². The maximum Gasteiger partial charge on any atom is 0.120 e. The van der Waals surface area contributed by atoms with Crippen LogP contribution in [-0.2, 0) is 0 Å². The van der Waals surface area contributed by atoms with Crippen LogP contribution in [-0.4, -0.2) is 12.1 Å². The van der Waals surface area contributed by atoms with Crippen molar-refractivity contribution in [3.05, 3.63) is 30.0 Å². The van der Waals surface area contributed by atoms with Gasteiger partial charge in [0.15, 0.2) is 0 Å². The van der Waals surface area contributed by atoms with Gasteiger partial charge < -0.3 is 9.72 Å². The molecule has 2 heteroatoms. The van der Waals surface area contributed by atoms with Crippen LogP contribution >= 0.6 is 0 Å². The number of rotatable bonds is 2. The number of hydrogen-bond donors (Lipinski definition) is 1. The summed E-state index contributed by atoms with van der Waals surface area (Å²) in [4.78, 5) is 3.30. The molecule has 0 amide bonds. The summed E-state index contributed by atoms with van der Waals surface area (Å²) in [6.07, 6.45) is 5.39. The SMILES string of the molecule is C#CC(C)c1cc2ccc(OC)cc2[nH]1. The first-order valence-electron chi connectivity index (χ1n) is 4.87. The minimum absolute atomic E-state index is 0.114. The van der Waals surface area contributed by atoms with Crippen molar-refractivity contribution in [1.29, 1.82) is 0 Å². The summed E-state index contributed by atoms with van der Waals surface area (Å²) in [6, 6.07) is 8.03. The van der Waals surface area contributed by atoms with Gasteiger partial charge in [-0.05, 0) is 30.5 Å². The average Bonchev–Trinajstić information content (AvgIpc) is 2.70. The zero-order valence-electron chi connectivity index (χ0n) is 8.87. The van der Waals surface area contributed by atoms with Crippen molar-refractivity contribution in [2.24, 2.45) is 0 Å². The Kier molecular flexibility index (Phi) is 2.39. The van der Waals surface area contributed by atoms with E-state index in [0.717, 1.165) is 22.3 Å². The Hall–Kier alpha value is -1.88. The summed E-state index contributed by atoms with van der Waals surface area (Å²) < 4.78 is 5.16. The van der Waals surface area contributed by atoms with E-state index in [4.69, 9.17) is 11.2 Å². The van der Waals surface area contributed by atoms with E-state index >= 15 is 0 Å². The fourth-order valence-corrected chi connectivity index (χ4v) is 1.58. The average molecular weight is 199 g/mol. The van der Waals surface area contributed by atoms with E-state index < -0.39 is 0 Å². The molecule has 1 heterocycles. The predicted octanol–water partition coefficient (Wildman–Crippen LogP) is 2.91. The molecule has 2 aromatic rings. The third kappa shape index (κ3) is 1.69. The third-order valence-electron chi connectivity index (χ3n) is 2.57. The molecule has 0 aliphatic heterocycles. The van der Waals surface area contributed by atoms with Crippen molar-refractivity contribution < 1.29 is 4.74 Å². The summed E-state index contributed by atoms with van der Waals surface area (Å²) in [6.45, 7) is 2.00. The highest BCUT2D eigenvalue weighted by atomic mass is 16.5. The summed E-state index contributed by atoms with van der Waals surface area (Å²) >= 11 is 0. The van der Waals surface area contributed by atoms with Crippen molar-refractivity contribution in [3.8, 4) is 18.1 Å². The Bertz CT molecular complexity index is 519. The minimum atomic E-state index is 0.114. The molecule has 2 rings (SSSR count). The van der Waals surface area contributed by atoms with Gasteiger partial charge >= 0.3 is 0 Å². The Balaban J connectivity index is 2.52. The van der Waals surface area contributed by atoms with Gasteiger partial charge in [-0.1, -0.05) is 5.92 Å². The zero-order chi connectivity index (χ0) is 10.8. The molecule has 0 aliphatic carbocycles. The number of nitrogens with one attached hydrogen (secondary N) is 1. The molecule has 1 atom stereocenters. The first-order valence-corrected chi connectivity index (χ1v) is 4.87. The van der Waals surface area contributed by atoms with E-state index in [1.807, 2.05) is 25.1 Å². The Labute approximate surface area is 89.3 Å². The van der Waals surface area contributed by atoms with Crippen LogP contribution in [0.25, 0.3) is 10.9 Å². The largest absolute Gasteiger partial charge is 0.497 e. The Morgan fingerprint density at radius 3 is 2.87 bits per heavy atom. The molecule has 76 valence electrons. The highest BCUT2D eigenvalue weighted by Gasteiger charge is 2.06. The minimum Gasteiger partial charge on any atom is -0.497 e. The van der Waals surface area contributed by atoms with Crippen LogP contribution in [0.4, 0.5) is 0 Å².